The molecule has 0 N–H and O–H groups in total. The number of ether oxygens (including phenoxy) is 10. The van der Waals surface area contributed by atoms with Crippen LogP contribution in [0.3, 0.4) is 0 Å². The molecule has 0 atom stereocenters. The van der Waals surface area contributed by atoms with E-state index in [-0.39, 0.29) is 0 Å². The molecule has 0 saturated heterocycles. The summed E-state index contributed by atoms with van der Waals surface area (Å²) in [6, 6.07) is 43.3. The van der Waals surface area contributed by atoms with Gasteiger partial charge < -0.3 is 47.4 Å². The van der Waals surface area contributed by atoms with Crippen molar-refractivity contribution in [1.29, 1.82) is 0 Å². The molecule has 3 aliphatic heterocycles. The summed E-state index contributed by atoms with van der Waals surface area (Å²) in [6.45, 7) is 8.26. The lowest BCUT2D eigenvalue weighted by Crippen LogP contribution is -2.14. The van der Waals surface area contributed by atoms with Gasteiger partial charge in [0, 0.05) is 0 Å². The molecule has 0 unspecified atom stereocenters. The van der Waals surface area contributed by atoms with Gasteiger partial charge in [-0.3, -0.25) is 4.98 Å². The third kappa shape index (κ3) is 15.9. The van der Waals surface area contributed by atoms with Crippen LogP contribution >= 0.6 is 0 Å². The molecule has 0 aliphatic carbocycles. The number of aromatic nitrogens is 1. The van der Waals surface area contributed by atoms with Crippen molar-refractivity contribution >= 4 is 11.1 Å². The van der Waals surface area contributed by atoms with E-state index in [1.54, 1.807) is 0 Å². The first-order valence-corrected chi connectivity index (χ1v) is 20.7. The molecule has 318 valence electrons. The van der Waals surface area contributed by atoms with Gasteiger partial charge in [-0.2, -0.15) is 0 Å². The highest BCUT2D eigenvalue weighted by atomic mass is 16.6. The summed E-state index contributed by atoms with van der Waals surface area (Å²) < 4.78 is 57.6. The Balaban J connectivity index is 1.06. The van der Waals surface area contributed by atoms with E-state index in [2.05, 4.69) is 77.8 Å². The van der Waals surface area contributed by atoms with Crippen molar-refractivity contribution in [2.45, 2.75) is 13.2 Å². The quantitative estimate of drug-likeness (QED) is 0.175. The predicted octanol–water partition coefficient (Wildman–Crippen LogP) is 7.69. The largest absolute Gasteiger partial charge is 0.491 e. The van der Waals surface area contributed by atoms with Crippen LogP contribution in [0.1, 0.15) is 33.6 Å². The number of nitrogens with zero attached hydrogens (tertiary/aromatic N) is 1. The monoisotopic (exact) mass is 819 g/mol. The maximum absolute atomic E-state index is 6.05. The third-order valence-electron chi connectivity index (χ3n) is 9.25. The molecule has 11 nitrogen and oxygen atoms in total. The van der Waals surface area contributed by atoms with E-state index in [1.165, 1.54) is 0 Å². The molecule has 0 radical (unpaired) electrons. The van der Waals surface area contributed by atoms with Crippen LogP contribution in [-0.4, -0.2) is 111 Å². The molecule has 8 rings (SSSR count). The molecular formula is C49H57NO10. The van der Waals surface area contributed by atoms with E-state index in [0.717, 1.165) is 56.3 Å². The van der Waals surface area contributed by atoms with E-state index >= 15 is 0 Å². The first kappa shape index (κ1) is 44.6. The molecule has 11 heteroatoms. The highest BCUT2D eigenvalue weighted by Gasteiger charge is 2.17. The number of hydrogen-bond acceptors (Lipinski definition) is 11. The molecule has 6 bridgehead atoms. The molecule has 0 saturated carbocycles. The molecule has 0 fully saturated rings. The minimum Gasteiger partial charge on any atom is -0.491 e. The average molecular weight is 820 g/mol. The normalized spacial score (nSPS) is 18.7. The van der Waals surface area contributed by atoms with Gasteiger partial charge in [-0.15, -0.1) is 0 Å². The van der Waals surface area contributed by atoms with Crippen molar-refractivity contribution < 1.29 is 47.4 Å². The van der Waals surface area contributed by atoms with Crippen molar-refractivity contribution in [1.82, 2.24) is 4.98 Å². The van der Waals surface area contributed by atoms with E-state index in [1.807, 2.05) is 54.6 Å². The van der Waals surface area contributed by atoms with Crippen LogP contribution in [0.15, 0.2) is 127 Å². The van der Waals surface area contributed by atoms with Crippen LogP contribution in [0.4, 0.5) is 0 Å². The highest BCUT2D eigenvalue weighted by Crippen LogP contribution is 2.37. The minimum absolute atomic E-state index is 0.401. The topological polar surface area (TPSA) is 105 Å². The number of hydrogen-bond donors (Lipinski definition) is 0. The average Bonchev–Trinajstić information content (AvgIpc) is 3.29. The van der Waals surface area contributed by atoms with Crippen molar-refractivity contribution in [2.24, 2.45) is 0 Å². The summed E-state index contributed by atoms with van der Waals surface area (Å²) >= 11 is 0. The molecule has 4 heterocycles. The SMILES string of the molecule is c1ccc(/C2=C(\c3ccccc3)c3ccc(cc3)OCCOCCOCCOCCOCc3cccc(n3)COCCOCCOCCOCCOc3ccc2cc3)cc1. The van der Waals surface area contributed by atoms with E-state index in [4.69, 9.17) is 47.4 Å². The lowest BCUT2D eigenvalue weighted by atomic mass is 9.86. The Morgan fingerprint density at radius 2 is 0.567 bits per heavy atom. The van der Waals surface area contributed by atoms with Gasteiger partial charge in [0.2, 0.25) is 0 Å². The van der Waals surface area contributed by atoms with Crippen molar-refractivity contribution in [2.75, 3.05) is 106 Å². The molecule has 4 aromatic carbocycles. The maximum Gasteiger partial charge on any atom is 0.119 e. The van der Waals surface area contributed by atoms with Gasteiger partial charge in [0.15, 0.2) is 0 Å². The van der Waals surface area contributed by atoms with Crippen LogP contribution in [0, 0.1) is 0 Å². The van der Waals surface area contributed by atoms with Gasteiger partial charge in [0.1, 0.15) is 24.7 Å². The lowest BCUT2D eigenvalue weighted by Gasteiger charge is -2.19. The first-order valence-electron chi connectivity index (χ1n) is 20.7. The van der Waals surface area contributed by atoms with Gasteiger partial charge in [0.05, 0.1) is 117 Å². The standard InChI is InChI=1S/C49H57NO10/c1-3-8-40(9-4-1)48-42-14-18-46(19-15-42)59-36-34-55-28-26-51-22-24-53-30-32-57-38-44-12-7-13-45(50-44)39-58-33-31-54-25-23-52-27-29-56-35-37-60-47-20-16-43(17-21-47)49(48)41-10-5-2-6-11-41/h1-21H,22-39H2/b49-48-. The van der Waals surface area contributed by atoms with Crippen LogP contribution in [-0.2, 0) is 51.1 Å². The molecule has 5 aromatic rings. The Bertz CT molecular complexity index is 1790. The summed E-state index contributed by atoms with van der Waals surface area (Å²) in [5, 5.41) is 0. The van der Waals surface area contributed by atoms with E-state index in [0.29, 0.717) is 119 Å². The molecule has 0 amide bonds. The smallest absolute Gasteiger partial charge is 0.119 e. The Labute approximate surface area is 354 Å². The van der Waals surface area contributed by atoms with Crippen LogP contribution in [0.25, 0.3) is 11.1 Å². The lowest BCUT2D eigenvalue weighted by molar-refractivity contribution is -0.00768. The summed E-state index contributed by atoms with van der Waals surface area (Å²) in [7, 11) is 0. The third-order valence-corrected chi connectivity index (χ3v) is 9.25. The maximum atomic E-state index is 6.05. The second-order valence-electron chi connectivity index (χ2n) is 13.6. The second kappa shape index (κ2) is 27.0. The zero-order valence-corrected chi connectivity index (χ0v) is 34.4. The number of benzene rings is 4. The fourth-order valence-electron chi connectivity index (χ4n) is 6.36. The summed E-state index contributed by atoms with van der Waals surface area (Å²) in [5.74, 6) is 1.55. The van der Waals surface area contributed by atoms with Crippen LogP contribution in [0.2, 0.25) is 0 Å². The summed E-state index contributed by atoms with van der Waals surface area (Å²) in [5.41, 5.74) is 8.28. The van der Waals surface area contributed by atoms with Gasteiger partial charge in [-0.1, -0.05) is 91.0 Å². The zero-order chi connectivity index (χ0) is 41.1. The van der Waals surface area contributed by atoms with Crippen LogP contribution in [0.5, 0.6) is 11.5 Å². The van der Waals surface area contributed by atoms with Crippen molar-refractivity contribution in [3.63, 3.8) is 0 Å². The van der Waals surface area contributed by atoms with E-state index in [9.17, 15) is 0 Å². The Morgan fingerprint density at radius 1 is 0.267 bits per heavy atom. The Morgan fingerprint density at radius 3 is 0.917 bits per heavy atom. The molecule has 3 aliphatic rings. The van der Waals surface area contributed by atoms with Crippen LogP contribution < -0.4 is 9.47 Å². The van der Waals surface area contributed by atoms with Gasteiger partial charge >= 0.3 is 0 Å². The number of rotatable bonds is 2. The molecule has 1 aromatic heterocycles. The molecule has 60 heavy (non-hydrogen) atoms. The van der Waals surface area contributed by atoms with Gasteiger partial charge in [-0.05, 0) is 69.8 Å². The van der Waals surface area contributed by atoms with Crippen molar-refractivity contribution in [3.8, 4) is 11.5 Å². The second-order valence-corrected chi connectivity index (χ2v) is 13.6. The summed E-state index contributed by atoms with van der Waals surface area (Å²) in [4.78, 5) is 4.61. The van der Waals surface area contributed by atoms with Gasteiger partial charge in [-0.25, -0.2) is 0 Å². The van der Waals surface area contributed by atoms with Gasteiger partial charge in [0.25, 0.3) is 0 Å². The van der Waals surface area contributed by atoms with Crippen molar-refractivity contribution in [3.05, 3.63) is 161 Å². The van der Waals surface area contributed by atoms with E-state index < -0.39 is 0 Å². The summed E-state index contributed by atoms with van der Waals surface area (Å²) in [6.07, 6.45) is 0. The number of pyridine rings is 1. The molecular weight excluding hydrogens is 763 g/mol. The first-order chi connectivity index (χ1) is 29.8. The fraction of sp³-hybridized carbons (Fsp3) is 0.367. The highest BCUT2D eigenvalue weighted by molar-refractivity contribution is 6.04. The predicted molar refractivity (Wildman–Crippen MR) is 230 cm³/mol. The fourth-order valence-corrected chi connectivity index (χ4v) is 6.36. The molecule has 0 spiro atoms. The minimum atomic E-state index is 0.401. The number of fused-ring (bicyclic) bond motifs is 2. The Kier molecular flexibility index (Phi) is 20.1. The Hall–Kier alpha value is -4.95. The zero-order valence-electron chi connectivity index (χ0n) is 34.4.